The highest BCUT2D eigenvalue weighted by Crippen LogP contribution is 2.29. The van der Waals surface area contributed by atoms with E-state index in [4.69, 9.17) is 16.6 Å². The van der Waals surface area contributed by atoms with Crippen LogP contribution < -0.4 is 0 Å². The first-order chi connectivity index (χ1) is 17.4. The van der Waals surface area contributed by atoms with Gasteiger partial charge in [0.25, 0.3) is 5.91 Å². The van der Waals surface area contributed by atoms with Crippen molar-refractivity contribution in [2.75, 3.05) is 6.54 Å². The van der Waals surface area contributed by atoms with Gasteiger partial charge in [0.1, 0.15) is 11.3 Å². The van der Waals surface area contributed by atoms with Crippen LogP contribution in [-0.2, 0) is 13.1 Å². The zero-order valence-electron chi connectivity index (χ0n) is 20.2. The molecule has 7 heteroatoms. The Hall–Kier alpha value is -3.22. The number of pyridine rings is 1. The topological polar surface area (TPSA) is 51.0 Å². The number of hydrogen-bond acceptors (Lipinski definition) is 3. The Morgan fingerprint density at radius 2 is 1.81 bits per heavy atom. The molecule has 0 saturated heterocycles. The average Bonchev–Trinajstić information content (AvgIpc) is 3.21. The van der Waals surface area contributed by atoms with Crippen LogP contribution in [0, 0.1) is 5.92 Å². The van der Waals surface area contributed by atoms with Crippen molar-refractivity contribution in [1.82, 2.24) is 19.4 Å². The van der Waals surface area contributed by atoms with Crippen molar-refractivity contribution >= 4 is 55.4 Å². The lowest BCUT2D eigenvalue weighted by Crippen LogP contribution is -2.35. The number of halogens is 2. The van der Waals surface area contributed by atoms with Gasteiger partial charge in [0.2, 0.25) is 0 Å². The quantitative estimate of drug-likeness (QED) is 0.209. The molecule has 1 amide bonds. The number of aromatic nitrogens is 3. The zero-order chi connectivity index (χ0) is 25.2. The van der Waals surface area contributed by atoms with Crippen molar-refractivity contribution < 1.29 is 4.79 Å². The van der Waals surface area contributed by atoms with Crippen molar-refractivity contribution in [1.29, 1.82) is 0 Å². The lowest BCUT2D eigenvalue weighted by molar-refractivity contribution is 0.0718. The van der Waals surface area contributed by atoms with Crippen LogP contribution in [-0.4, -0.2) is 31.9 Å². The van der Waals surface area contributed by atoms with E-state index < -0.39 is 0 Å². The molecule has 0 spiro atoms. The third kappa shape index (κ3) is 4.88. The van der Waals surface area contributed by atoms with Gasteiger partial charge in [-0.3, -0.25) is 4.79 Å². The minimum absolute atomic E-state index is 0.0227. The fourth-order valence-corrected chi connectivity index (χ4v) is 5.35. The predicted molar refractivity (Wildman–Crippen MR) is 149 cm³/mol. The first kappa shape index (κ1) is 24.5. The molecular weight excluding hydrogens is 536 g/mol. The van der Waals surface area contributed by atoms with E-state index in [1.807, 2.05) is 77.7 Å². The van der Waals surface area contributed by atoms with Crippen LogP contribution in [0.3, 0.4) is 0 Å². The fourth-order valence-electron chi connectivity index (χ4n) is 4.56. The van der Waals surface area contributed by atoms with Crippen molar-refractivity contribution in [2.45, 2.75) is 26.9 Å². The molecule has 0 fully saturated rings. The van der Waals surface area contributed by atoms with E-state index in [2.05, 4.69) is 39.3 Å². The number of benzene rings is 3. The fraction of sp³-hybridized carbons (Fsp3) is 0.207. The summed E-state index contributed by atoms with van der Waals surface area (Å²) >= 11 is 10.2. The molecule has 36 heavy (non-hydrogen) atoms. The van der Waals surface area contributed by atoms with Crippen molar-refractivity contribution in [2.24, 2.45) is 5.92 Å². The smallest absolute Gasteiger partial charge is 0.254 e. The molecule has 3 aromatic carbocycles. The molecule has 0 aliphatic carbocycles. The summed E-state index contributed by atoms with van der Waals surface area (Å²) < 4.78 is 2.97. The van der Waals surface area contributed by atoms with Gasteiger partial charge in [0.05, 0.1) is 13.1 Å². The van der Waals surface area contributed by atoms with E-state index in [-0.39, 0.29) is 11.8 Å². The molecule has 182 valence electrons. The highest BCUT2D eigenvalue weighted by Gasteiger charge is 2.23. The molecule has 0 aliphatic rings. The van der Waals surface area contributed by atoms with Crippen LogP contribution in [0.2, 0.25) is 5.02 Å². The second kappa shape index (κ2) is 10.4. The maximum Gasteiger partial charge on any atom is 0.254 e. The standard InChI is InChI=1S/C29H26BrClN4O/c1-19(2)16-34(29(36)22-11-5-9-20-10-6-12-23(30)27(20)22)18-26-33-25-14-7-15-32-28(25)35(26)17-21-8-3-4-13-24(21)31/h3-15,19H,16-18H2,1-2H3. The van der Waals surface area contributed by atoms with E-state index >= 15 is 0 Å². The largest absolute Gasteiger partial charge is 0.331 e. The maximum atomic E-state index is 14.0. The third-order valence-electron chi connectivity index (χ3n) is 6.16. The van der Waals surface area contributed by atoms with Crippen LogP contribution in [0.1, 0.15) is 35.6 Å². The van der Waals surface area contributed by atoms with Gasteiger partial charge in [-0.1, -0.05) is 83.8 Å². The SMILES string of the molecule is CC(C)CN(Cc1nc2cccnc2n1Cc1ccccc1Cl)C(=O)c1cccc2cccc(Br)c12. The lowest BCUT2D eigenvalue weighted by atomic mass is 10.0. The van der Waals surface area contributed by atoms with Crippen LogP contribution in [0.4, 0.5) is 0 Å². The summed E-state index contributed by atoms with van der Waals surface area (Å²) in [6, 6.07) is 23.5. The molecule has 0 N–H and O–H groups in total. The monoisotopic (exact) mass is 560 g/mol. The summed E-state index contributed by atoms with van der Waals surface area (Å²) in [7, 11) is 0. The van der Waals surface area contributed by atoms with Gasteiger partial charge in [-0.05, 0) is 47.2 Å². The molecule has 0 bridgehead atoms. The molecule has 2 aromatic heterocycles. The Bertz CT molecular complexity index is 1560. The highest BCUT2D eigenvalue weighted by atomic mass is 79.9. The summed E-state index contributed by atoms with van der Waals surface area (Å²) in [5.74, 6) is 1.04. The number of carbonyl (C=O) groups excluding carboxylic acids is 1. The molecule has 5 rings (SSSR count). The minimum Gasteiger partial charge on any atom is -0.331 e. The van der Waals surface area contributed by atoms with E-state index in [0.717, 1.165) is 37.8 Å². The van der Waals surface area contributed by atoms with E-state index in [0.29, 0.717) is 30.2 Å². The van der Waals surface area contributed by atoms with Gasteiger partial charge in [-0.15, -0.1) is 0 Å². The summed E-state index contributed by atoms with van der Waals surface area (Å²) in [5.41, 5.74) is 3.22. The van der Waals surface area contributed by atoms with Crippen LogP contribution >= 0.6 is 27.5 Å². The highest BCUT2D eigenvalue weighted by molar-refractivity contribution is 9.10. The van der Waals surface area contributed by atoms with Gasteiger partial charge >= 0.3 is 0 Å². The maximum absolute atomic E-state index is 14.0. The number of carbonyl (C=O) groups is 1. The summed E-state index contributed by atoms with van der Waals surface area (Å²) in [5, 5.41) is 2.64. The van der Waals surface area contributed by atoms with Gasteiger partial charge < -0.3 is 9.47 Å². The van der Waals surface area contributed by atoms with Crippen LogP contribution in [0.5, 0.6) is 0 Å². The molecule has 2 heterocycles. The van der Waals surface area contributed by atoms with E-state index in [9.17, 15) is 4.79 Å². The average molecular weight is 562 g/mol. The molecule has 0 radical (unpaired) electrons. The number of nitrogens with zero attached hydrogens (tertiary/aromatic N) is 4. The lowest BCUT2D eigenvalue weighted by Gasteiger charge is -2.25. The van der Waals surface area contributed by atoms with Gasteiger partial charge in [-0.25, -0.2) is 9.97 Å². The Morgan fingerprint density at radius 3 is 2.58 bits per heavy atom. The van der Waals surface area contributed by atoms with Crippen LogP contribution in [0.25, 0.3) is 21.9 Å². The first-order valence-corrected chi connectivity index (χ1v) is 13.1. The third-order valence-corrected chi connectivity index (χ3v) is 7.19. The molecule has 0 aliphatic heterocycles. The first-order valence-electron chi connectivity index (χ1n) is 11.9. The van der Waals surface area contributed by atoms with E-state index in [1.54, 1.807) is 6.20 Å². The number of imidazole rings is 1. The summed E-state index contributed by atoms with van der Waals surface area (Å²) in [4.78, 5) is 25.4. The van der Waals surface area contributed by atoms with Crippen molar-refractivity contribution in [3.8, 4) is 0 Å². The molecule has 0 atom stereocenters. The molecule has 0 unspecified atom stereocenters. The molecule has 0 saturated carbocycles. The number of fused-ring (bicyclic) bond motifs is 2. The predicted octanol–water partition coefficient (Wildman–Crippen LogP) is 7.35. The van der Waals surface area contributed by atoms with Crippen molar-refractivity contribution in [3.05, 3.63) is 105 Å². The van der Waals surface area contributed by atoms with Gasteiger partial charge in [-0.2, -0.15) is 0 Å². The summed E-state index contributed by atoms with van der Waals surface area (Å²) in [6.07, 6.45) is 1.77. The molecule has 5 aromatic rings. The second-order valence-corrected chi connectivity index (χ2v) is 10.5. The Morgan fingerprint density at radius 1 is 1.03 bits per heavy atom. The van der Waals surface area contributed by atoms with Crippen molar-refractivity contribution in [3.63, 3.8) is 0 Å². The molecular formula is C29H26BrClN4O. The Kier molecular flexibility index (Phi) is 7.08. The second-order valence-electron chi connectivity index (χ2n) is 9.27. The molecule has 5 nitrogen and oxygen atoms in total. The van der Waals surface area contributed by atoms with Crippen LogP contribution in [0.15, 0.2) is 83.5 Å². The van der Waals surface area contributed by atoms with Gasteiger partial charge in [0.15, 0.2) is 5.65 Å². The summed E-state index contributed by atoms with van der Waals surface area (Å²) in [6.45, 7) is 5.72. The van der Waals surface area contributed by atoms with Gasteiger partial charge in [0, 0.05) is 33.2 Å². The number of amides is 1. The Balaban J connectivity index is 1.58. The van der Waals surface area contributed by atoms with E-state index in [1.165, 1.54) is 0 Å². The minimum atomic E-state index is -0.0227. The number of rotatable bonds is 7. The zero-order valence-corrected chi connectivity index (χ0v) is 22.5. The Labute approximate surface area is 223 Å². The number of hydrogen-bond donors (Lipinski definition) is 0. The normalized spacial score (nSPS) is 11.5.